The summed E-state index contributed by atoms with van der Waals surface area (Å²) < 4.78 is 0. The summed E-state index contributed by atoms with van der Waals surface area (Å²) in [5.41, 5.74) is 0.616. The fraction of sp³-hybridized carbons (Fsp3) is 0.786. The number of likely N-dealkylation sites (tertiary alicyclic amines) is 1. The van der Waals surface area contributed by atoms with E-state index in [4.69, 9.17) is 0 Å². The Morgan fingerprint density at radius 3 is 2.71 bits per heavy atom. The fourth-order valence-corrected chi connectivity index (χ4v) is 2.39. The lowest BCUT2D eigenvalue weighted by atomic mass is 9.74. The first-order valence-corrected chi connectivity index (χ1v) is 6.50. The Morgan fingerprint density at radius 2 is 2.18 bits per heavy atom. The van der Waals surface area contributed by atoms with Crippen molar-refractivity contribution in [2.75, 3.05) is 19.6 Å². The van der Waals surface area contributed by atoms with Crippen molar-refractivity contribution in [3.05, 3.63) is 12.2 Å². The molecular weight excluding hydrogens is 214 g/mol. The minimum Gasteiger partial charge on any atom is -0.481 e. The highest BCUT2D eigenvalue weighted by Gasteiger charge is 2.38. The van der Waals surface area contributed by atoms with Gasteiger partial charge in [-0.2, -0.15) is 0 Å². The number of hydrogen-bond donors (Lipinski definition) is 1. The predicted octanol–water partition coefficient (Wildman–Crippen LogP) is 2.78. The molecule has 1 N–H and O–H groups in total. The van der Waals surface area contributed by atoms with Crippen LogP contribution in [0.25, 0.3) is 0 Å². The summed E-state index contributed by atoms with van der Waals surface area (Å²) in [7, 11) is 0. The van der Waals surface area contributed by atoms with Gasteiger partial charge in [-0.1, -0.05) is 19.1 Å². The number of rotatable bonds is 5. The third kappa shape index (κ3) is 3.56. The van der Waals surface area contributed by atoms with Gasteiger partial charge in [-0.25, -0.2) is 0 Å². The smallest absolute Gasteiger partial charge is 0.309 e. The van der Waals surface area contributed by atoms with Gasteiger partial charge in [0.1, 0.15) is 0 Å². The molecule has 0 aromatic heterocycles. The van der Waals surface area contributed by atoms with Crippen molar-refractivity contribution in [2.24, 2.45) is 11.3 Å². The van der Waals surface area contributed by atoms with E-state index in [1.165, 1.54) is 5.57 Å². The van der Waals surface area contributed by atoms with Crippen molar-refractivity contribution in [1.82, 2.24) is 4.90 Å². The van der Waals surface area contributed by atoms with Crippen molar-refractivity contribution >= 4 is 5.97 Å². The molecule has 0 aromatic carbocycles. The molecule has 0 amide bonds. The fourth-order valence-electron chi connectivity index (χ4n) is 2.39. The first-order chi connectivity index (χ1) is 7.87. The molecular formula is C14H25NO2. The van der Waals surface area contributed by atoms with E-state index in [1.807, 2.05) is 13.8 Å². The molecule has 0 aromatic rings. The van der Waals surface area contributed by atoms with Crippen LogP contribution in [0.15, 0.2) is 12.2 Å². The van der Waals surface area contributed by atoms with E-state index in [1.54, 1.807) is 0 Å². The van der Waals surface area contributed by atoms with Crippen LogP contribution in [0, 0.1) is 11.3 Å². The zero-order valence-electron chi connectivity index (χ0n) is 11.3. The minimum atomic E-state index is -0.682. The molecule has 1 rings (SSSR count). The SMILES string of the molecule is C=C(CC)CN1CCCC(C(C)(C)C(=O)O)C1. The average Bonchev–Trinajstić information content (AvgIpc) is 2.29. The lowest BCUT2D eigenvalue weighted by Crippen LogP contribution is -2.45. The van der Waals surface area contributed by atoms with Crippen LogP contribution < -0.4 is 0 Å². The second-order valence-electron chi connectivity index (χ2n) is 5.70. The molecule has 0 radical (unpaired) electrons. The number of aliphatic carboxylic acids is 1. The van der Waals surface area contributed by atoms with Gasteiger partial charge in [-0.3, -0.25) is 9.69 Å². The van der Waals surface area contributed by atoms with E-state index in [0.29, 0.717) is 0 Å². The molecule has 17 heavy (non-hydrogen) atoms. The zero-order chi connectivity index (χ0) is 13.1. The molecule has 0 spiro atoms. The van der Waals surface area contributed by atoms with Gasteiger partial charge < -0.3 is 5.11 Å². The Labute approximate surface area is 105 Å². The second-order valence-corrected chi connectivity index (χ2v) is 5.70. The number of piperidine rings is 1. The summed E-state index contributed by atoms with van der Waals surface area (Å²) in [5, 5.41) is 9.27. The largest absolute Gasteiger partial charge is 0.481 e. The molecule has 1 aliphatic rings. The van der Waals surface area contributed by atoms with E-state index >= 15 is 0 Å². The van der Waals surface area contributed by atoms with Crippen LogP contribution in [0.1, 0.15) is 40.0 Å². The molecule has 1 aliphatic heterocycles. The quantitative estimate of drug-likeness (QED) is 0.750. The van der Waals surface area contributed by atoms with Crippen LogP contribution in [0.2, 0.25) is 0 Å². The van der Waals surface area contributed by atoms with Crippen LogP contribution in [0.3, 0.4) is 0 Å². The normalized spacial score (nSPS) is 22.4. The number of hydrogen-bond acceptors (Lipinski definition) is 2. The minimum absolute atomic E-state index is 0.249. The maximum Gasteiger partial charge on any atom is 0.309 e. The molecule has 3 nitrogen and oxygen atoms in total. The van der Waals surface area contributed by atoms with Gasteiger partial charge in [0.15, 0.2) is 0 Å². The second kappa shape index (κ2) is 5.67. The Bertz CT molecular complexity index is 297. The highest BCUT2D eigenvalue weighted by atomic mass is 16.4. The van der Waals surface area contributed by atoms with E-state index in [0.717, 1.165) is 38.9 Å². The van der Waals surface area contributed by atoms with Crippen molar-refractivity contribution < 1.29 is 9.90 Å². The zero-order valence-corrected chi connectivity index (χ0v) is 11.3. The summed E-state index contributed by atoms with van der Waals surface area (Å²) in [5.74, 6) is -0.433. The van der Waals surface area contributed by atoms with Crippen LogP contribution in [-0.2, 0) is 4.79 Å². The molecule has 1 heterocycles. The van der Waals surface area contributed by atoms with Gasteiger partial charge >= 0.3 is 5.97 Å². The monoisotopic (exact) mass is 239 g/mol. The van der Waals surface area contributed by atoms with Crippen molar-refractivity contribution in [3.63, 3.8) is 0 Å². The average molecular weight is 239 g/mol. The number of carboxylic acids is 1. The molecule has 1 atom stereocenters. The van der Waals surface area contributed by atoms with Crippen molar-refractivity contribution in [3.8, 4) is 0 Å². The molecule has 98 valence electrons. The molecule has 1 unspecified atom stereocenters. The summed E-state index contributed by atoms with van der Waals surface area (Å²) >= 11 is 0. The Morgan fingerprint density at radius 1 is 1.53 bits per heavy atom. The van der Waals surface area contributed by atoms with Crippen LogP contribution >= 0.6 is 0 Å². The predicted molar refractivity (Wildman–Crippen MR) is 70.0 cm³/mol. The topological polar surface area (TPSA) is 40.5 Å². The third-order valence-corrected chi connectivity index (χ3v) is 4.02. The molecule has 0 saturated carbocycles. The third-order valence-electron chi connectivity index (χ3n) is 4.02. The molecule has 3 heteroatoms. The van der Waals surface area contributed by atoms with E-state index < -0.39 is 11.4 Å². The van der Waals surface area contributed by atoms with Crippen molar-refractivity contribution in [2.45, 2.75) is 40.0 Å². The highest BCUT2D eigenvalue weighted by molar-refractivity contribution is 5.74. The maximum absolute atomic E-state index is 11.3. The first kappa shape index (κ1) is 14.2. The van der Waals surface area contributed by atoms with Gasteiger partial charge in [0.05, 0.1) is 5.41 Å². The number of nitrogens with zero attached hydrogens (tertiary/aromatic N) is 1. The Kier molecular flexibility index (Phi) is 4.75. The van der Waals surface area contributed by atoms with E-state index in [-0.39, 0.29) is 5.92 Å². The molecule has 1 fully saturated rings. The molecule has 0 aliphatic carbocycles. The summed E-state index contributed by atoms with van der Waals surface area (Å²) in [4.78, 5) is 13.6. The maximum atomic E-state index is 11.3. The first-order valence-electron chi connectivity index (χ1n) is 6.50. The van der Waals surface area contributed by atoms with Crippen molar-refractivity contribution in [1.29, 1.82) is 0 Å². The van der Waals surface area contributed by atoms with Crippen LogP contribution in [0.5, 0.6) is 0 Å². The van der Waals surface area contributed by atoms with Crippen LogP contribution in [-0.4, -0.2) is 35.6 Å². The molecule has 1 saturated heterocycles. The lowest BCUT2D eigenvalue weighted by molar-refractivity contribution is -0.151. The van der Waals surface area contributed by atoms with Gasteiger partial charge in [-0.05, 0) is 45.6 Å². The van der Waals surface area contributed by atoms with Crippen LogP contribution in [0.4, 0.5) is 0 Å². The Hall–Kier alpha value is -0.830. The van der Waals surface area contributed by atoms with Gasteiger partial charge in [-0.15, -0.1) is 0 Å². The Balaban J connectivity index is 2.60. The number of carboxylic acid groups (broad SMARTS) is 1. The van der Waals surface area contributed by atoms with Gasteiger partial charge in [0, 0.05) is 13.1 Å². The highest BCUT2D eigenvalue weighted by Crippen LogP contribution is 2.34. The lowest BCUT2D eigenvalue weighted by Gasteiger charge is -2.39. The summed E-state index contributed by atoms with van der Waals surface area (Å²) in [6.07, 6.45) is 3.12. The summed E-state index contributed by atoms with van der Waals surface area (Å²) in [6.45, 7) is 12.7. The van der Waals surface area contributed by atoms with E-state index in [9.17, 15) is 9.90 Å². The number of carbonyl (C=O) groups is 1. The van der Waals surface area contributed by atoms with E-state index in [2.05, 4.69) is 18.4 Å². The molecule has 0 bridgehead atoms. The standard InChI is InChI=1S/C14H25NO2/c1-5-11(2)9-15-8-6-7-12(10-15)14(3,4)13(16)17/h12H,2,5-10H2,1,3-4H3,(H,16,17). The van der Waals surface area contributed by atoms with Gasteiger partial charge in [0.2, 0.25) is 0 Å². The van der Waals surface area contributed by atoms with Gasteiger partial charge in [0.25, 0.3) is 0 Å². The summed E-state index contributed by atoms with van der Waals surface area (Å²) in [6, 6.07) is 0.